The summed E-state index contributed by atoms with van der Waals surface area (Å²) in [5.41, 5.74) is 1.09. The summed E-state index contributed by atoms with van der Waals surface area (Å²) >= 11 is 0. The molecule has 3 unspecified atom stereocenters. The van der Waals surface area contributed by atoms with Crippen LogP contribution in [0.4, 0.5) is 0 Å². The number of carbonyl (C=O) groups excluding carboxylic acids is 2. The first kappa shape index (κ1) is 24.3. The van der Waals surface area contributed by atoms with Crippen LogP contribution in [0.25, 0.3) is 5.78 Å². The van der Waals surface area contributed by atoms with Crippen LogP contribution in [0.5, 0.6) is 0 Å². The molecule has 2 aliphatic rings. The highest BCUT2D eigenvalue weighted by Crippen LogP contribution is 2.48. The van der Waals surface area contributed by atoms with Gasteiger partial charge in [0.05, 0.1) is 5.92 Å². The van der Waals surface area contributed by atoms with Crippen LogP contribution >= 0.6 is 0 Å². The normalized spacial score (nSPS) is 24.7. The molecule has 0 spiro atoms. The van der Waals surface area contributed by atoms with Crippen molar-refractivity contribution in [3.05, 3.63) is 53.4 Å². The highest BCUT2D eigenvalue weighted by Gasteiger charge is 2.46. The van der Waals surface area contributed by atoms with Crippen molar-refractivity contribution in [1.82, 2.24) is 35.2 Å². The number of carbonyl (C=O) groups is 3. The van der Waals surface area contributed by atoms with Crippen LogP contribution in [0.3, 0.4) is 0 Å². The molecule has 3 heterocycles. The Labute approximate surface area is 212 Å². The number of aromatic nitrogens is 5. The molecule has 3 aromatic rings. The first-order valence-corrected chi connectivity index (χ1v) is 12.2. The Bertz CT molecular complexity index is 1410. The van der Waals surface area contributed by atoms with Gasteiger partial charge in [-0.15, -0.1) is 0 Å². The van der Waals surface area contributed by atoms with Crippen molar-refractivity contribution < 1.29 is 19.5 Å². The first-order chi connectivity index (χ1) is 17.9. The van der Waals surface area contributed by atoms with Crippen molar-refractivity contribution in [3.63, 3.8) is 0 Å². The molecule has 3 N–H and O–H groups in total. The van der Waals surface area contributed by atoms with Gasteiger partial charge in [0.2, 0.25) is 0 Å². The molecule has 190 valence electrons. The maximum Gasteiger partial charge on any atom is 0.306 e. The van der Waals surface area contributed by atoms with Crippen LogP contribution in [0.1, 0.15) is 64.8 Å². The molecule has 12 heteroatoms. The van der Waals surface area contributed by atoms with Gasteiger partial charge in [0.25, 0.3) is 17.6 Å². The molecule has 2 fully saturated rings. The molecule has 5 atom stereocenters. The monoisotopic (exact) mass is 502 g/mol. The topological polar surface area (TPSA) is 175 Å². The quantitative estimate of drug-likeness (QED) is 0.452. The van der Waals surface area contributed by atoms with Crippen LogP contribution in [0, 0.1) is 35.0 Å². The van der Waals surface area contributed by atoms with E-state index >= 15 is 0 Å². The van der Waals surface area contributed by atoms with Crippen LogP contribution in [0.15, 0.2) is 30.7 Å². The van der Waals surface area contributed by atoms with Crippen molar-refractivity contribution in [2.24, 2.45) is 23.7 Å². The fourth-order valence-corrected chi connectivity index (χ4v) is 5.88. The third-order valence-corrected chi connectivity index (χ3v) is 7.74. The maximum absolute atomic E-state index is 13.4. The van der Waals surface area contributed by atoms with Gasteiger partial charge < -0.3 is 15.7 Å². The number of rotatable bonds is 6. The Hall–Kier alpha value is -4.40. The molecule has 0 aromatic carbocycles. The maximum atomic E-state index is 13.4. The van der Waals surface area contributed by atoms with Gasteiger partial charge in [-0.3, -0.25) is 14.4 Å². The number of fused-ring (bicyclic) bond motifs is 2. The summed E-state index contributed by atoms with van der Waals surface area (Å²) in [5, 5.41) is 28.5. The highest BCUT2D eigenvalue weighted by atomic mass is 16.4. The Morgan fingerprint density at radius 1 is 1.14 bits per heavy atom. The largest absolute Gasteiger partial charge is 0.481 e. The summed E-state index contributed by atoms with van der Waals surface area (Å²) in [7, 11) is 0. The van der Waals surface area contributed by atoms with E-state index in [1.807, 2.05) is 13.0 Å². The second kappa shape index (κ2) is 9.93. The van der Waals surface area contributed by atoms with E-state index < -0.39 is 17.8 Å². The average molecular weight is 503 g/mol. The number of nitrogens with zero attached hydrogens (tertiary/aromatic N) is 6. The number of nitriles is 1. The summed E-state index contributed by atoms with van der Waals surface area (Å²) in [6.45, 7) is 2.15. The summed E-state index contributed by atoms with van der Waals surface area (Å²) < 4.78 is 1.30. The standard InChI is InChI=1S/C25H26N8O4/c1-13-16-4-5-19(18(16)3-2-17(13)24(36)37)31-23(35)21-9-20(32-25-29-12-30-33(21)25)22(34)28-11-14-6-7-27-15(8-14)10-26/h6-9,12-13,16-19H,2-5,11H2,1H3,(H,28,34)(H,31,35)(H,36,37)/t13?,16?,17-,18?,19-/m0/s1. The summed E-state index contributed by atoms with van der Waals surface area (Å²) in [6, 6.07) is 6.52. The number of carboxylic acid groups (broad SMARTS) is 1. The molecule has 37 heavy (non-hydrogen) atoms. The minimum atomic E-state index is -0.746. The van der Waals surface area contributed by atoms with Crippen LogP contribution in [-0.4, -0.2) is 53.5 Å². The third-order valence-electron chi connectivity index (χ3n) is 7.74. The molecule has 3 aromatic heterocycles. The number of hydrogen-bond acceptors (Lipinski definition) is 8. The molecular weight excluding hydrogens is 476 g/mol. The summed E-state index contributed by atoms with van der Waals surface area (Å²) in [6.07, 6.45) is 5.75. The number of pyridine rings is 1. The zero-order valence-electron chi connectivity index (χ0n) is 20.2. The number of aliphatic carboxylic acids is 1. The smallest absolute Gasteiger partial charge is 0.306 e. The molecule has 2 saturated carbocycles. The van der Waals surface area contributed by atoms with Crippen molar-refractivity contribution in [2.45, 2.75) is 45.2 Å². The Morgan fingerprint density at radius 3 is 2.73 bits per heavy atom. The third kappa shape index (κ3) is 4.72. The van der Waals surface area contributed by atoms with E-state index in [0.717, 1.165) is 19.3 Å². The van der Waals surface area contributed by atoms with E-state index in [4.69, 9.17) is 5.26 Å². The fraction of sp³-hybridized carbons (Fsp3) is 0.440. The van der Waals surface area contributed by atoms with E-state index in [2.05, 4.69) is 30.7 Å². The average Bonchev–Trinajstić information content (AvgIpc) is 3.54. The lowest BCUT2D eigenvalue weighted by molar-refractivity contribution is -0.146. The van der Waals surface area contributed by atoms with Gasteiger partial charge in [-0.2, -0.15) is 19.9 Å². The zero-order chi connectivity index (χ0) is 26.1. The molecule has 0 saturated heterocycles. The van der Waals surface area contributed by atoms with Crippen molar-refractivity contribution in [1.29, 1.82) is 5.26 Å². The van der Waals surface area contributed by atoms with Gasteiger partial charge in [0.15, 0.2) is 0 Å². The van der Waals surface area contributed by atoms with Gasteiger partial charge in [-0.05, 0) is 61.1 Å². The van der Waals surface area contributed by atoms with Crippen molar-refractivity contribution in [3.8, 4) is 6.07 Å². The van der Waals surface area contributed by atoms with E-state index in [0.29, 0.717) is 12.0 Å². The van der Waals surface area contributed by atoms with Crippen LogP contribution in [0.2, 0.25) is 0 Å². The lowest BCUT2D eigenvalue weighted by Gasteiger charge is -2.38. The second-order valence-electron chi connectivity index (χ2n) is 9.71. The Balaban J connectivity index is 1.32. The van der Waals surface area contributed by atoms with Crippen molar-refractivity contribution in [2.75, 3.05) is 0 Å². The lowest BCUT2D eigenvalue weighted by atomic mass is 9.68. The number of nitrogens with one attached hydrogen (secondary N) is 2. The number of carboxylic acids is 1. The molecule has 0 bridgehead atoms. The van der Waals surface area contributed by atoms with E-state index in [1.54, 1.807) is 12.1 Å². The second-order valence-corrected chi connectivity index (χ2v) is 9.71. The molecule has 2 amide bonds. The van der Waals surface area contributed by atoms with Crippen molar-refractivity contribution >= 4 is 23.6 Å². The molecule has 2 aliphatic carbocycles. The van der Waals surface area contributed by atoms with Crippen LogP contribution in [-0.2, 0) is 11.3 Å². The van der Waals surface area contributed by atoms with E-state index in [-0.39, 0.29) is 59.1 Å². The summed E-state index contributed by atoms with van der Waals surface area (Å²) in [5.74, 6) is -1.34. The number of amides is 2. The van der Waals surface area contributed by atoms with E-state index in [1.165, 1.54) is 23.1 Å². The minimum absolute atomic E-state index is 0.0140. The predicted molar refractivity (Wildman–Crippen MR) is 128 cm³/mol. The minimum Gasteiger partial charge on any atom is -0.481 e. The molecule has 5 rings (SSSR count). The van der Waals surface area contributed by atoms with Gasteiger partial charge in [-0.1, -0.05) is 6.92 Å². The van der Waals surface area contributed by atoms with Gasteiger partial charge in [-0.25, -0.2) is 9.97 Å². The fourth-order valence-electron chi connectivity index (χ4n) is 5.88. The lowest BCUT2D eigenvalue weighted by Crippen LogP contribution is -2.44. The first-order valence-electron chi connectivity index (χ1n) is 12.2. The van der Waals surface area contributed by atoms with Gasteiger partial charge >= 0.3 is 5.97 Å². The highest BCUT2D eigenvalue weighted by molar-refractivity contribution is 5.98. The molecular formula is C25H26N8O4. The molecule has 0 radical (unpaired) electrons. The Morgan fingerprint density at radius 2 is 1.95 bits per heavy atom. The van der Waals surface area contributed by atoms with Crippen LogP contribution < -0.4 is 10.6 Å². The molecule has 12 nitrogen and oxygen atoms in total. The predicted octanol–water partition coefficient (Wildman–Crippen LogP) is 1.58. The van der Waals surface area contributed by atoms with E-state index in [9.17, 15) is 19.5 Å². The SMILES string of the molecule is CC1C2CC[C@H](NC(=O)c3cc(C(=O)NCc4ccnc(C#N)c4)nc4ncnn34)C2CC[C@@H]1C(=O)O. The van der Waals surface area contributed by atoms with Gasteiger partial charge in [0, 0.05) is 24.8 Å². The van der Waals surface area contributed by atoms with Gasteiger partial charge in [0.1, 0.15) is 29.5 Å². The summed E-state index contributed by atoms with van der Waals surface area (Å²) in [4.78, 5) is 50.1. The number of hydrogen-bond donors (Lipinski definition) is 3. The molecule has 0 aliphatic heterocycles. The zero-order valence-corrected chi connectivity index (χ0v) is 20.2. The Kier molecular flexibility index (Phi) is 6.52.